The van der Waals surface area contributed by atoms with Gasteiger partial charge in [0, 0.05) is 0 Å². The van der Waals surface area contributed by atoms with Gasteiger partial charge in [-0.1, -0.05) is 0 Å². The van der Waals surface area contributed by atoms with E-state index in [9.17, 15) is 14.4 Å². The van der Waals surface area contributed by atoms with Gasteiger partial charge in [-0.3, -0.25) is 4.79 Å². The zero-order chi connectivity index (χ0) is 11.6. The number of nitrogens with zero attached hydrogens (tertiary/aromatic N) is 3. The van der Waals surface area contributed by atoms with Crippen LogP contribution in [0.3, 0.4) is 0 Å². The topological polar surface area (TPSA) is 69.8 Å². The van der Waals surface area contributed by atoms with Crippen LogP contribution in [0.15, 0.2) is 4.99 Å². The van der Waals surface area contributed by atoms with Crippen LogP contribution in [0, 0.1) is 0 Å². The second kappa shape index (κ2) is 4.31. The molecule has 0 fully saturated rings. The van der Waals surface area contributed by atoms with Crippen LogP contribution in [0.25, 0.3) is 0 Å². The predicted molar refractivity (Wildman–Crippen MR) is 53.6 cm³/mol. The maximum Gasteiger partial charge on any atom is 0.500 e. The van der Waals surface area contributed by atoms with E-state index < -0.39 is 17.8 Å². The van der Waals surface area contributed by atoms with Crippen LogP contribution in [0.2, 0.25) is 0 Å². The van der Waals surface area contributed by atoms with E-state index in [0.29, 0.717) is 0 Å². The van der Waals surface area contributed by atoms with Gasteiger partial charge in [0.2, 0.25) is 0 Å². The average Bonchev–Trinajstić information content (AvgIpc) is 2.22. The molecule has 1 rings (SSSR count). The summed E-state index contributed by atoms with van der Waals surface area (Å²) >= 11 is 5.24. The maximum atomic E-state index is 11.5. The van der Waals surface area contributed by atoms with Gasteiger partial charge in [0.1, 0.15) is 12.1 Å². The van der Waals surface area contributed by atoms with Crippen molar-refractivity contribution < 1.29 is 19.0 Å². The van der Waals surface area contributed by atoms with Gasteiger partial charge < -0.3 is 0 Å². The third-order valence-corrected chi connectivity index (χ3v) is 2.02. The number of rotatable bonds is 1. The molecule has 1 heterocycles. The normalized spacial score (nSPS) is 19.5. The minimum atomic E-state index is -0.618. The number of alkyl halides is 1. The summed E-state index contributed by atoms with van der Waals surface area (Å²) in [5, 5.41) is 0. The first-order valence-electron chi connectivity index (χ1n) is 4.04. The van der Waals surface area contributed by atoms with Crippen molar-refractivity contribution in [1.82, 2.24) is 4.90 Å². The van der Waals surface area contributed by atoms with Crippen LogP contribution in [-0.4, -0.2) is 59.2 Å². The number of amides is 4. The highest BCUT2D eigenvalue weighted by Crippen LogP contribution is 1.98. The van der Waals surface area contributed by atoms with E-state index in [1.165, 1.54) is 24.9 Å². The highest BCUT2D eigenvalue weighted by atomic mass is 35.5. The second-order valence-corrected chi connectivity index (χ2v) is 3.18. The molecule has 0 saturated carbocycles. The fourth-order valence-corrected chi connectivity index (χ4v) is 1.09. The molecule has 0 bridgehead atoms. The minimum absolute atomic E-state index is 0.0924. The van der Waals surface area contributed by atoms with Crippen LogP contribution in [0.1, 0.15) is 0 Å². The molecular weight excluding hydrogens is 222 g/mol. The number of aliphatic imine (C=N–C) groups is 1. The fraction of sp³-hybridized carbons (Fsp3) is 0.375. The minimum Gasteiger partial charge on any atom is -0.271 e. The van der Waals surface area contributed by atoms with Crippen molar-refractivity contribution in [3.05, 3.63) is 0 Å². The summed E-state index contributed by atoms with van der Waals surface area (Å²) in [7, 11) is 2.78. The molecule has 0 radical (unpaired) electrons. The molecule has 4 amide bonds. The molecule has 1 aliphatic rings. The lowest BCUT2D eigenvalue weighted by Crippen LogP contribution is -2.48. The molecule has 6 nitrogen and oxygen atoms in total. The Morgan fingerprint density at radius 2 is 2.20 bits per heavy atom. The number of carbonyl (C=O) groups excluding carboxylic acids is 3. The Balaban J connectivity index is 3.12. The highest BCUT2D eigenvalue weighted by molar-refractivity contribution is 6.63. The SMILES string of the molecule is CN1C(=O)C(=NC(=O)CCl)C=[N+](C)C1=O. The molecular formula is C8H9ClN3O3+. The Morgan fingerprint density at radius 1 is 1.60 bits per heavy atom. The van der Waals surface area contributed by atoms with Gasteiger partial charge in [-0.05, 0) is 0 Å². The highest BCUT2D eigenvalue weighted by Gasteiger charge is 2.36. The number of urea groups is 1. The Kier molecular flexibility index (Phi) is 3.31. The molecule has 0 N–H and O–H groups in total. The quantitative estimate of drug-likeness (QED) is 0.450. The van der Waals surface area contributed by atoms with E-state index >= 15 is 0 Å². The molecule has 0 unspecified atom stereocenters. The fourth-order valence-electron chi connectivity index (χ4n) is 1.03. The summed E-state index contributed by atoms with van der Waals surface area (Å²) in [6, 6.07) is -0.475. The van der Waals surface area contributed by atoms with Crippen LogP contribution >= 0.6 is 11.6 Å². The lowest BCUT2D eigenvalue weighted by Gasteiger charge is -2.12. The van der Waals surface area contributed by atoms with E-state index in [1.807, 2.05) is 0 Å². The van der Waals surface area contributed by atoms with Crippen molar-refractivity contribution in [2.24, 2.45) is 4.99 Å². The van der Waals surface area contributed by atoms with Crippen LogP contribution < -0.4 is 0 Å². The molecule has 80 valence electrons. The summed E-state index contributed by atoms with van der Waals surface area (Å²) in [6.45, 7) is 0. The Bertz CT molecular complexity index is 400. The Morgan fingerprint density at radius 3 is 2.73 bits per heavy atom. The number of halogens is 1. The van der Waals surface area contributed by atoms with E-state index in [1.54, 1.807) is 0 Å². The molecule has 0 saturated heterocycles. The van der Waals surface area contributed by atoms with E-state index in [-0.39, 0.29) is 11.6 Å². The summed E-state index contributed by atoms with van der Waals surface area (Å²) in [6.07, 6.45) is 1.20. The zero-order valence-corrected chi connectivity index (χ0v) is 8.98. The molecule has 0 spiro atoms. The van der Waals surface area contributed by atoms with Gasteiger partial charge in [-0.25, -0.2) is 9.79 Å². The molecule has 0 aliphatic carbocycles. The van der Waals surface area contributed by atoms with Gasteiger partial charge in [0.05, 0.1) is 14.1 Å². The molecule has 7 heteroatoms. The lowest BCUT2D eigenvalue weighted by molar-refractivity contribution is -0.395. The van der Waals surface area contributed by atoms with E-state index in [4.69, 9.17) is 11.6 Å². The number of hydrogen-bond donors (Lipinski definition) is 0. The molecule has 0 aromatic heterocycles. The maximum absolute atomic E-state index is 11.5. The largest absolute Gasteiger partial charge is 0.500 e. The van der Waals surface area contributed by atoms with E-state index in [2.05, 4.69) is 4.99 Å². The lowest BCUT2D eigenvalue weighted by atomic mass is 10.3. The number of hydrogen-bond acceptors (Lipinski definition) is 3. The number of carbonyl (C=O) groups is 3. The molecule has 0 atom stereocenters. The van der Waals surface area contributed by atoms with Crippen LogP contribution in [0.4, 0.5) is 4.79 Å². The smallest absolute Gasteiger partial charge is 0.271 e. The molecule has 0 aromatic rings. The predicted octanol–water partition coefficient (Wildman–Crippen LogP) is -0.502. The van der Waals surface area contributed by atoms with Gasteiger partial charge in [-0.15, -0.1) is 11.6 Å². The third kappa shape index (κ3) is 2.27. The van der Waals surface area contributed by atoms with Gasteiger partial charge >= 0.3 is 11.9 Å². The van der Waals surface area contributed by atoms with Crippen LogP contribution in [-0.2, 0) is 9.59 Å². The monoisotopic (exact) mass is 230 g/mol. The summed E-state index contributed by atoms with van der Waals surface area (Å²) in [4.78, 5) is 38.0. The first kappa shape index (κ1) is 11.5. The summed E-state index contributed by atoms with van der Waals surface area (Å²) in [5.41, 5.74) is -0.0924. The van der Waals surface area contributed by atoms with Crippen molar-refractivity contribution in [2.75, 3.05) is 20.0 Å². The zero-order valence-electron chi connectivity index (χ0n) is 8.23. The van der Waals surface area contributed by atoms with Crippen molar-refractivity contribution in [3.63, 3.8) is 0 Å². The first-order chi connectivity index (χ1) is 6.97. The summed E-state index contributed by atoms with van der Waals surface area (Å²) in [5.74, 6) is -1.53. The average molecular weight is 231 g/mol. The van der Waals surface area contributed by atoms with Crippen LogP contribution in [0.5, 0.6) is 0 Å². The van der Waals surface area contributed by atoms with E-state index in [0.717, 1.165) is 4.90 Å². The molecule has 1 aliphatic heterocycles. The van der Waals surface area contributed by atoms with Crippen molar-refractivity contribution in [2.45, 2.75) is 0 Å². The standard InChI is InChI=1S/C8H9ClN3O3/c1-11-4-5(10-6(13)3-9)7(14)12(2)8(11)15/h4H,3H2,1-2H3/q+1. The third-order valence-electron chi connectivity index (χ3n) is 1.79. The first-order valence-corrected chi connectivity index (χ1v) is 4.58. The van der Waals surface area contributed by atoms with Crippen molar-refractivity contribution in [3.8, 4) is 0 Å². The summed E-state index contributed by atoms with van der Waals surface area (Å²) < 4.78 is 1.17. The van der Waals surface area contributed by atoms with Gasteiger partial charge in [0.25, 0.3) is 5.91 Å². The molecule has 15 heavy (non-hydrogen) atoms. The number of imide groups is 1. The Labute approximate surface area is 90.8 Å². The van der Waals surface area contributed by atoms with Gasteiger partial charge in [-0.2, -0.15) is 14.3 Å². The van der Waals surface area contributed by atoms with Crippen molar-refractivity contribution in [1.29, 1.82) is 0 Å². The second-order valence-electron chi connectivity index (χ2n) is 2.91. The van der Waals surface area contributed by atoms with Crippen molar-refractivity contribution >= 4 is 41.4 Å². The Hall–Kier alpha value is -1.56. The van der Waals surface area contributed by atoms with Gasteiger partial charge in [0.15, 0.2) is 5.71 Å². The molecule has 0 aromatic carbocycles.